The normalized spacial score (nSPS) is 11.4. The third-order valence-electron chi connectivity index (χ3n) is 2.29. The number of hydrogen-bond donors (Lipinski definition) is 1. The van der Waals surface area contributed by atoms with E-state index >= 15 is 0 Å². The molecule has 0 amide bonds. The fourth-order valence-corrected chi connectivity index (χ4v) is 2.67. The molecule has 0 spiro atoms. The molecule has 1 aromatic carbocycles. The zero-order valence-electron chi connectivity index (χ0n) is 9.57. The first-order chi connectivity index (χ1) is 9.31. The van der Waals surface area contributed by atoms with Gasteiger partial charge in [-0.25, -0.2) is 26.6 Å². The minimum absolute atomic E-state index is 0.0846. The van der Waals surface area contributed by atoms with E-state index in [-0.39, 0.29) is 10.0 Å². The lowest BCUT2D eigenvalue weighted by molar-refractivity contribution is 0.449. The minimum Gasteiger partial charge on any atom is -0.277 e. The second kappa shape index (κ2) is 5.29. The van der Waals surface area contributed by atoms with Crippen molar-refractivity contribution in [2.75, 3.05) is 4.72 Å². The summed E-state index contributed by atoms with van der Waals surface area (Å²) in [6.07, 6.45) is 1.14. The van der Waals surface area contributed by atoms with Crippen molar-refractivity contribution in [2.24, 2.45) is 0 Å². The van der Waals surface area contributed by atoms with E-state index in [4.69, 9.17) is 11.6 Å². The Labute approximate surface area is 117 Å². The Morgan fingerprint density at radius 1 is 1.10 bits per heavy atom. The average molecular weight is 323 g/mol. The molecule has 4 nitrogen and oxygen atoms in total. The summed E-state index contributed by atoms with van der Waals surface area (Å²) in [7, 11) is -4.19. The lowest BCUT2D eigenvalue weighted by atomic mass is 10.3. The van der Waals surface area contributed by atoms with Crippen LogP contribution >= 0.6 is 11.6 Å². The lowest BCUT2D eigenvalue weighted by Crippen LogP contribution is -2.15. The zero-order chi connectivity index (χ0) is 14.9. The highest BCUT2D eigenvalue weighted by Gasteiger charge is 2.20. The monoisotopic (exact) mass is 322 g/mol. The highest BCUT2D eigenvalue weighted by atomic mass is 35.5. The molecule has 20 heavy (non-hydrogen) atoms. The van der Waals surface area contributed by atoms with Gasteiger partial charge in [0, 0.05) is 6.20 Å². The highest BCUT2D eigenvalue weighted by Crippen LogP contribution is 2.23. The molecule has 0 fully saturated rings. The van der Waals surface area contributed by atoms with Crippen LogP contribution < -0.4 is 4.72 Å². The Morgan fingerprint density at radius 3 is 2.45 bits per heavy atom. The van der Waals surface area contributed by atoms with Gasteiger partial charge >= 0.3 is 0 Å². The average Bonchev–Trinajstić information content (AvgIpc) is 2.39. The number of sulfonamides is 1. The van der Waals surface area contributed by atoms with E-state index in [9.17, 15) is 21.6 Å². The van der Waals surface area contributed by atoms with Gasteiger partial charge in [-0.1, -0.05) is 11.6 Å². The Bertz CT molecular complexity index is 768. The predicted octanol–water partition coefficient (Wildman–Crippen LogP) is 2.95. The Hall–Kier alpha value is -1.80. The fourth-order valence-electron chi connectivity index (χ4n) is 1.36. The van der Waals surface area contributed by atoms with E-state index in [0.717, 1.165) is 24.4 Å². The van der Waals surface area contributed by atoms with E-state index < -0.39 is 33.2 Å². The number of benzene rings is 1. The molecule has 106 valence electrons. The lowest BCUT2D eigenvalue weighted by Gasteiger charge is -2.09. The molecule has 0 atom stereocenters. The van der Waals surface area contributed by atoms with Gasteiger partial charge in [-0.2, -0.15) is 0 Å². The van der Waals surface area contributed by atoms with Crippen LogP contribution in [-0.2, 0) is 10.0 Å². The molecule has 9 heteroatoms. The van der Waals surface area contributed by atoms with Crippen LogP contribution in [0.5, 0.6) is 0 Å². The van der Waals surface area contributed by atoms with Crippen LogP contribution in [0.1, 0.15) is 0 Å². The van der Waals surface area contributed by atoms with Crippen molar-refractivity contribution in [2.45, 2.75) is 4.90 Å². The molecule has 0 aliphatic carbocycles. The van der Waals surface area contributed by atoms with Gasteiger partial charge < -0.3 is 0 Å². The summed E-state index contributed by atoms with van der Waals surface area (Å²) < 4.78 is 64.8. The third-order valence-corrected chi connectivity index (χ3v) is 3.86. The molecule has 0 aliphatic rings. The number of pyridine rings is 1. The molecule has 0 bridgehead atoms. The summed E-state index contributed by atoms with van der Waals surface area (Å²) in [5, 5.41) is -0.0846. The second-order valence-electron chi connectivity index (χ2n) is 3.64. The van der Waals surface area contributed by atoms with Gasteiger partial charge in [0.25, 0.3) is 10.0 Å². The number of hydrogen-bond acceptors (Lipinski definition) is 3. The summed E-state index contributed by atoms with van der Waals surface area (Å²) in [6, 6.07) is 3.53. The Morgan fingerprint density at radius 2 is 1.80 bits per heavy atom. The predicted molar refractivity (Wildman–Crippen MR) is 66.4 cm³/mol. The SMILES string of the molecule is O=S(=O)(Nc1ccc(F)c(F)c1F)c1ccnc(Cl)c1. The van der Waals surface area contributed by atoms with Crippen LogP contribution in [0.15, 0.2) is 35.4 Å². The summed E-state index contributed by atoms with van der Waals surface area (Å²) in [5.74, 6) is -4.82. The van der Waals surface area contributed by atoms with Gasteiger partial charge in [0.1, 0.15) is 5.15 Å². The van der Waals surface area contributed by atoms with E-state index in [2.05, 4.69) is 4.98 Å². The second-order valence-corrected chi connectivity index (χ2v) is 5.71. The first-order valence-electron chi connectivity index (χ1n) is 5.09. The van der Waals surface area contributed by atoms with E-state index in [0.29, 0.717) is 6.07 Å². The molecule has 0 aliphatic heterocycles. The zero-order valence-corrected chi connectivity index (χ0v) is 11.1. The van der Waals surface area contributed by atoms with E-state index in [1.807, 2.05) is 0 Å². The summed E-state index contributed by atoms with van der Waals surface area (Å²) >= 11 is 5.54. The summed E-state index contributed by atoms with van der Waals surface area (Å²) in [4.78, 5) is 3.30. The van der Waals surface area contributed by atoms with Crippen LogP contribution in [0, 0.1) is 17.5 Å². The molecule has 0 radical (unpaired) electrons. The van der Waals surface area contributed by atoms with Crippen LogP contribution in [0.3, 0.4) is 0 Å². The number of rotatable bonds is 3. The van der Waals surface area contributed by atoms with Crippen molar-refractivity contribution in [1.82, 2.24) is 4.98 Å². The van der Waals surface area contributed by atoms with Gasteiger partial charge in [-0.15, -0.1) is 0 Å². The van der Waals surface area contributed by atoms with Crippen molar-refractivity contribution in [3.8, 4) is 0 Å². The first-order valence-corrected chi connectivity index (χ1v) is 6.95. The van der Waals surface area contributed by atoms with Gasteiger partial charge in [0.05, 0.1) is 10.6 Å². The minimum atomic E-state index is -4.19. The van der Waals surface area contributed by atoms with Crippen LogP contribution in [0.25, 0.3) is 0 Å². The molecule has 0 saturated heterocycles. The third kappa shape index (κ3) is 2.86. The molecule has 2 rings (SSSR count). The van der Waals surface area contributed by atoms with E-state index in [1.54, 1.807) is 4.72 Å². The summed E-state index contributed by atoms with van der Waals surface area (Å²) in [6.45, 7) is 0. The first kappa shape index (κ1) is 14.6. The fraction of sp³-hybridized carbons (Fsp3) is 0. The maximum atomic E-state index is 13.4. The smallest absolute Gasteiger partial charge is 0.262 e. The maximum Gasteiger partial charge on any atom is 0.262 e. The number of aromatic nitrogens is 1. The van der Waals surface area contributed by atoms with Gasteiger partial charge in [0.15, 0.2) is 17.5 Å². The molecule has 1 aromatic heterocycles. The molecular formula is C11H6ClF3N2O2S. The quantitative estimate of drug-likeness (QED) is 0.698. The topological polar surface area (TPSA) is 59.1 Å². The van der Waals surface area contributed by atoms with Gasteiger partial charge in [0.2, 0.25) is 0 Å². The van der Waals surface area contributed by atoms with Gasteiger partial charge in [-0.05, 0) is 24.3 Å². The largest absolute Gasteiger partial charge is 0.277 e. The van der Waals surface area contributed by atoms with Crippen LogP contribution in [0.4, 0.5) is 18.9 Å². The number of anilines is 1. The number of nitrogens with zero attached hydrogens (tertiary/aromatic N) is 1. The Kier molecular flexibility index (Phi) is 3.87. The number of halogens is 4. The number of nitrogens with one attached hydrogen (secondary N) is 1. The van der Waals surface area contributed by atoms with Crippen LogP contribution in [-0.4, -0.2) is 13.4 Å². The van der Waals surface area contributed by atoms with E-state index in [1.165, 1.54) is 0 Å². The summed E-state index contributed by atoms with van der Waals surface area (Å²) in [5.41, 5.74) is -0.711. The standard InChI is InChI=1S/C11H6ClF3N2O2S/c12-9-5-6(3-4-16-9)20(18,19)17-8-2-1-7(13)10(14)11(8)15/h1-5,17H. The van der Waals surface area contributed by atoms with Crippen molar-refractivity contribution in [3.05, 3.63) is 53.1 Å². The molecular weight excluding hydrogens is 317 g/mol. The van der Waals surface area contributed by atoms with Crippen LogP contribution in [0.2, 0.25) is 5.15 Å². The molecule has 0 saturated carbocycles. The molecule has 0 unspecified atom stereocenters. The maximum absolute atomic E-state index is 13.4. The molecule has 2 aromatic rings. The highest BCUT2D eigenvalue weighted by molar-refractivity contribution is 7.92. The Balaban J connectivity index is 2.41. The van der Waals surface area contributed by atoms with Crippen molar-refractivity contribution >= 4 is 27.3 Å². The van der Waals surface area contributed by atoms with Crippen molar-refractivity contribution in [3.63, 3.8) is 0 Å². The van der Waals surface area contributed by atoms with Gasteiger partial charge in [-0.3, -0.25) is 4.72 Å². The van der Waals surface area contributed by atoms with Crippen molar-refractivity contribution in [1.29, 1.82) is 0 Å². The molecule has 1 heterocycles. The van der Waals surface area contributed by atoms with Crippen molar-refractivity contribution < 1.29 is 21.6 Å². The molecule has 1 N–H and O–H groups in total.